The van der Waals surface area contributed by atoms with Gasteiger partial charge in [0.2, 0.25) is 10.0 Å². The summed E-state index contributed by atoms with van der Waals surface area (Å²) in [6.45, 7) is 6.16. The Morgan fingerprint density at radius 3 is 2.54 bits per heavy atom. The van der Waals surface area contributed by atoms with E-state index in [1.54, 1.807) is 12.3 Å². The monoisotopic (exact) mass is 346 g/mol. The number of nitrogens with zero attached hydrogens (tertiary/aromatic N) is 3. The van der Waals surface area contributed by atoms with E-state index >= 15 is 0 Å². The molecule has 1 aliphatic heterocycles. The van der Waals surface area contributed by atoms with Crippen molar-refractivity contribution in [1.29, 1.82) is 0 Å². The van der Waals surface area contributed by atoms with Crippen molar-refractivity contribution in [3.8, 4) is 0 Å². The highest BCUT2D eigenvalue weighted by molar-refractivity contribution is 7.89. The topological polar surface area (TPSA) is 79.5 Å². The highest BCUT2D eigenvalue weighted by Crippen LogP contribution is 2.22. The van der Waals surface area contributed by atoms with Gasteiger partial charge in [-0.2, -0.15) is 0 Å². The molecule has 1 aromatic carbocycles. The Balaban J connectivity index is 1.68. The number of aryl methyl sites for hydroxylation is 1. The lowest BCUT2D eigenvalue weighted by Crippen LogP contribution is -2.46. The third-order valence-corrected chi connectivity index (χ3v) is 5.15. The number of anilines is 1. The number of pyridine rings is 1. The van der Waals surface area contributed by atoms with Crippen molar-refractivity contribution in [3.05, 3.63) is 53.7 Å². The van der Waals surface area contributed by atoms with Gasteiger partial charge in [0.25, 0.3) is 0 Å². The Bertz CT molecular complexity index is 815. The van der Waals surface area contributed by atoms with Crippen LogP contribution in [0.2, 0.25) is 0 Å². The standard InChI is InChI=1S/C17H22N4O2S/c1-14-4-2-5-15(12-14)13-20-8-10-21(11-9-20)17-16(24(18,22)23)6-3-7-19-17/h2-7,12H,8-11,13H2,1H3,(H2,18,22,23). The molecule has 2 N–H and O–H groups in total. The fourth-order valence-electron chi connectivity index (χ4n) is 3.03. The number of primary sulfonamides is 1. The molecular weight excluding hydrogens is 324 g/mol. The molecule has 2 aromatic rings. The summed E-state index contributed by atoms with van der Waals surface area (Å²) in [5.41, 5.74) is 2.56. The van der Waals surface area contributed by atoms with Crippen LogP contribution in [0.5, 0.6) is 0 Å². The first-order valence-corrected chi connectivity index (χ1v) is 9.49. The molecule has 0 radical (unpaired) electrons. The second-order valence-corrected chi connectivity index (χ2v) is 7.65. The van der Waals surface area contributed by atoms with Gasteiger partial charge in [-0.15, -0.1) is 0 Å². The summed E-state index contributed by atoms with van der Waals surface area (Å²) in [7, 11) is -3.77. The predicted octanol–water partition coefficient (Wildman–Crippen LogP) is 1.36. The van der Waals surface area contributed by atoms with Gasteiger partial charge in [-0.3, -0.25) is 4.90 Å². The summed E-state index contributed by atoms with van der Waals surface area (Å²) < 4.78 is 23.5. The number of benzene rings is 1. The highest BCUT2D eigenvalue weighted by atomic mass is 32.2. The fourth-order valence-corrected chi connectivity index (χ4v) is 3.73. The maximum absolute atomic E-state index is 11.7. The van der Waals surface area contributed by atoms with Crippen LogP contribution in [0.25, 0.3) is 0 Å². The molecule has 0 unspecified atom stereocenters. The molecule has 2 heterocycles. The third kappa shape index (κ3) is 3.92. The summed E-state index contributed by atoms with van der Waals surface area (Å²) >= 11 is 0. The number of piperazine rings is 1. The smallest absolute Gasteiger partial charge is 0.241 e. The number of hydrogen-bond acceptors (Lipinski definition) is 5. The minimum atomic E-state index is -3.77. The van der Waals surface area contributed by atoms with Crippen LogP contribution in [0.3, 0.4) is 0 Å². The van der Waals surface area contributed by atoms with Crippen LogP contribution in [0.4, 0.5) is 5.82 Å². The lowest BCUT2D eigenvalue weighted by atomic mass is 10.1. The molecule has 0 saturated carbocycles. The first kappa shape index (κ1) is 16.9. The fraction of sp³-hybridized carbons (Fsp3) is 0.353. The van der Waals surface area contributed by atoms with Crippen LogP contribution >= 0.6 is 0 Å². The van der Waals surface area contributed by atoms with E-state index in [-0.39, 0.29) is 4.90 Å². The van der Waals surface area contributed by atoms with Crippen LogP contribution < -0.4 is 10.0 Å². The second-order valence-electron chi connectivity index (χ2n) is 6.12. The van der Waals surface area contributed by atoms with E-state index < -0.39 is 10.0 Å². The van der Waals surface area contributed by atoms with Crippen molar-refractivity contribution in [2.75, 3.05) is 31.1 Å². The predicted molar refractivity (Wildman–Crippen MR) is 94.3 cm³/mol. The molecule has 128 valence electrons. The molecule has 1 saturated heterocycles. The van der Waals surface area contributed by atoms with Crippen molar-refractivity contribution < 1.29 is 8.42 Å². The van der Waals surface area contributed by atoms with Crippen molar-refractivity contribution in [2.45, 2.75) is 18.4 Å². The Morgan fingerprint density at radius 2 is 1.88 bits per heavy atom. The van der Waals surface area contributed by atoms with Gasteiger partial charge < -0.3 is 4.90 Å². The van der Waals surface area contributed by atoms with Gasteiger partial charge in [0.15, 0.2) is 0 Å². The Kier molecular flexibility index (Phi) is 4.84. The van der Waals surface area contributed by atoms with Gasteiger partial charge in [-0.25, -0.2) is 18.5 Å². The summed E-state index contributed by atoms with van der Waals surface area (Å²) in [6, 6.07) is 11.6. The van der Waals surface area contributed by atoms with E-state index in [0.717, 1.165) is 32.7 Å². The molecular formula is C17H22N4O2S. The molecule has 0 spiro atoms. The molecule has 0 aliphatic carbocycles. The lowest BCUT2D eigenvalue weighted by molar-refractivity contribution is 0.249. The van der Waals surface area contributed by atoms with Crippen LogP contribution in [0, 0.1) is 6.92 Å². The SMILES string of the molecule is Cc1cccc(CN2CCN(c3ncccc3S(N)(=O)=O)CC2)c1. The van der Waals surface area contributed by atoms with Crippen molar-refractivity contribution in [1.82, 2.24) is 9.88 Å². The zero-order chi connectivity index (χ0) is 17.2. The first-order valence-electron chi connectivity index (χ1n) is 7.94. The van der Waals surface area contributed by atoms with Crippen LogP contribution in [-0.2, 0) is 16.6 Å². The van der Waals surface area contributed by atoms with E-state index in [9.17, 15) is 8.42 Å². The number of sulfonamides is 1. The zero-order valence-corrected chi connectivity index (χ0v) is 14.5. The molecule has 0 bridgehead atoms. The average molecular weight is 346 g/mol. The van der Waals surface area contributed by atoms with Gasteiger partial charge in [0.1, 0.15) is 10.7 Å². The molecule has 0 amide bonds. The molecule has 7 heteroatoms. The number of rotatable bonds is 4. The molecule has 1 aromatic heterocycles. The van der Waals surface area contributed by atoms with Crippen molar-refractivity contribution >= 4 is 15.8 Å². The van der Waals surface area contributed by atoms with Crippen molar-refractivity contribution in [2.24, 2.45) is 5.14 Å². The van der Waals surface area contributed by atoms with Crippen LogP contribution in [0.1, 0.15) is 11.1 Å². The number of aromatic nitrogens is 1. The van der Waals surface area contributed by atoms with Crippen molar-refractivity contribution in [3.63, 3.8) is 0 Å². The first-order chi connectivity index (χ1) is 11.4. The minimum absolute atomic E-state index is 0.0946. The minimum Gasteiger partial charge on any atom is -0.353 e. The quantitative estimate of drug-likeness (QED) is 0.904. The zero-order valence-electron chi connectivity index (χ0n) is 13.7. The molecule has 1 aliphatic rings. The largest absolute Gasteiger partial charge is 0.353 e. The number of nitrogens with two attached hydrogens (primary N) is 1. The van der Waals surface area contributed by atoms with Crippen LogP contribution in [-0.4, -0.2) is 44.5 Å². The van der Waals surface area contributed by atoms with E-state index in [1.807, 2.05) is 4.90 Å². The lowest BCUT2D eigenvalue weighted by Gasteiger charge is -2.36. The molecule has 6 nitrogen and oxygen atoms in total. The van der Waals surface area contributed by atoms with Gasteiger partial charge in [0.05, 0.1) is 0 Å². The van der Waals surface area contributed by atoms with Gasteiger partial charge >= 0.3 is 0 Å². The maximum Gasteiger partial charge on any atom is 0.241 e. The van der Waals surface area contributed by atoms with Gasteiger partial charge in [0, 0.05) is 38.9 Å². The third-order valence-electron chi connectivity index (χ3n) is 4.22. The Morgan fingerprint density at radius 1 is 1.12 bits per heavy atom. The van der Waals surface area contributed by atoms with Crippen LogP contribution in [0.15, 0.2) is 47.5 Å². The summed E-state index contributed by atoms with van der Waals surface area (Å²) in [5, 5.41) is 5.30. The molecule has 0 atom stereocenters. The van der Waals surface area contributed by atoms with Gasteiger partial charge in [-0.1, -0.05) is 29.8 Å². The second kappa shape index (κ2) is 6.88. The van der Waals surface area contributed by atoms with E-state index in [1.165, 1.54) is 17.2 Å². The Labute approximate surface area is 143 Å². The normalized spacial score (nSPS) is 16.3. The van der Waals surface area contributed by atoms with Gasteiger partial charge in [-0.05, 0) is 24.6 Å². The van der Waals surface area contributed by atoms with E-state index in [4.69, 9.17) is 5.14 Å². The molecule has 24 heavy (non-hydrogen) atoms. The highest BCUT2D eigenvalue weighted by Gasteiger charge is 2.23. The average Bonchev–Trinajstić information content (AvgIpc) is 2.55. The summed E-state index contributed by atoms with van der Waals surface area (Å²) in [5.74, 6) is 0.454. The Hall–Kier alpha value is -1.96. The molecule has 3 rings (SSSR count). The summed E-state index contributed by atoms with van der Waals surface area (Å²) in [4.78, 5) is 8.69. The maximum atomic E-state index is 11.7. The molecule has 1 fully saturated rings. The van der Waals surface area contributed by atoms with E-state index in [2.05, 4.69) is 41.1 Å². The van der Waals surface area contributed by atoms with E-state index in [0.29, 0.717) is 5.82 Å². The number of hydrogen-bond donors (Lipinski definition) is 1. The summed E-state index contributed by atoms with van der Waals surface area (Å²) in [6.07, 6.45) is 1.60.